The smallest absolute Gasteiger partial charge is 0.360 e. The number of rotatable bonds is 5. The van der Waals surface area contributed by atoms with Crippen molar-refractivity contribution in [2.24, 2.45) is 0 Å². The number of benzene rings is 2. The van der Waals surface area contributed by atoms with E-state index < -0.39 is 22.7 Å². The summed E-state index contributed by atoms with van der Waals surface area (Å²) in [4.78, 5) is 12.2. The summed E-state index contributed by atoms with van der Waals surface area (Å²) in [6, 6.07) is 12.1. The number of nitrogens with one attached hydrogen (secondary N) is 2. The summed E-state index contributed by atoms with van der Waals surface area (Å²) in [5.41, 5.74) is 0.310. The van der Waals surface area contributed by atoms with Gasteiger partial charge in [0.05, 0.1) is 10.6 Å². The Kier molecular flexibility index (Phi) is 6.71. The van der Waals surface area contributed by atoms with Gasteiger partial charge in [-0.05, 0) is 41.8 Å². The number of halogens is 4. The molecule has 8 heteroatoms. The first kappa shape index (κ1) is 21.3. The van der Waals surface area contributed by atoms with Crippen LogP contribution in [0.15, 0.2) is 54.2 Å². The van der Waals surface area contributed by atoms with Crippen LogP contribution in [0.2, 0.25) is 5.02 Å². The lowest BCUT2D eigenvalue weighted by Crippen LogP contribution is -2.15. The Balaban J connectivity index is 2.13. The molecule has 0 saturated heterocycles. The molecule has 0 aliphatic rings. The summed E-state index contributed by atoms with van der Waals surface area (Å²) >= 11 is 5.55. The lowest BCUT2D eigenvalue weighted by molar-refractivity contribution is -0.137. The molecule has 146 valence electrons. The van der Waals surface area contributed by atoms with E-state index in [2.05, 4.69) is 24.5 Å². The van der Waals surface area contributed by atoms with Crippen molar-refractivity contribution in [3.05, 3.63) is 70.4 Å². The number of hydrogen-bond donors (Lipinski definition) is 2. The third kappa shape index (κ3) is 5.51. The molecule has 28 heavy (non-hydrogen) atoms. The molecule has 0 aromatic heterocycles. The monoisotopic (exact) mass is 407 g/mol. The molecule has 0 heterocycles. The van der Waals surface area contributed by atoms with Crippen LogP contribution >= 0.6 is 11.6 Å². The number of nitriles is 1. The Labute approximate surface area is 165 Å². The Morgan fingerprint density at radius 1 is 1.14 bits per heavy atom. The summed E-state index contributed by atoms with van der Waals surface area (Å²) in [6.45, 7) is 4.11. The SMILES string of the molecule is CC(C)c1ccc(N/C=C(/C#N)C(=O)Nc2ccc(Cl)c(C(F)(F)F)c2)cc1. The van der Waals surface area contributed by atoms with Crippen molar-refractivity contribution in [2.45, 2.75) is 25.9 Å². The van der Waals surface area contributed by atoms with Crippen molar-refractivity contribution < 1.29 is 18.0 Å². The van der Waals surface area contributed by atoms with Crippen LogP contribution in [-0.2, 0) is 11.0 Å². The van der Waals surface area contributed by atoms with E-state index in [0.29, 0.717) is 17.7 Å². The largest absolute Gasteiger partial charge is 0.417 e. The van der Waals surface area contributed by atoms with Crippen molar-refractivity contribution >= 4 is 28.9 Å². The molecule has 1 amide bonds. The predicted molar refractivity (Wildman–Crippen MR) is 103 cm³/mol. The Morgan fingerprint density at radius 3 is 2.29 bits per heavy atom. The maximum Gasteiger partial charge on any atom is 0.417 e. The number of alkyl halides is 3. The molecule has 0 fully saturated rings. The molecular formula is C20H17ClF3N3O. The van der Waals surface area contributed by atoms with E-state index in [9.17, 15) is 23.2 Å². The Bertz CT molecular complexity index is 929. The van der Waals surface area contributed by atoms with E-state index in [-0.39, 0.29) is 11.3 Å². The first-order chi connectivity index (χ1) is 13.1. The highest BCUT2D eigenvalue weighted by molar-refractivity contribution is 6.31. The second-order valence-corrected chi connectivity index (χ2v) is 6.64. The number of nitrogens with zero attached hydrogens (tertiary/aromatic N) is 1. The molecule has 2 aromatic rings. The van der Waals surface area contributed by atoms with Gasteiger partial charge in [-0.25, -0.2) is 0 Å². The summed E-state index contributed by atoms with van der Waals surface area (Å²) in [6.07, 6.45) is -3.46. The number of carbonyl (C=O) groups is 1. The minimum atomic E-state index is -4.66. The van der Waals surface area contributed by atoms with Crippen LogP contribution in [0.25, 0.3) is 0 Å². The van der Waals surface area contributed by atoms with E-state index in [1.807, 2.05) is 12.1 Å². The molecule has 2 N–H and O–H groups in total. The van der Waals surface area contributed by atoms with Crippen molar-refractivity contribution in [2.75, 3.05) is 10.6 Å². The van der Waals surface area contributed by atoms with Crippen LogP contribution in [0.4, 0.5) is 24.5 Å². The molecule has 0 atom stereocenters. The van der Waals surface area contributed by atoms with Crippen molar-refractivity contribution in [3.63, 3.8) is 0 Å². The number of anilines is 2. The fourth-order valence-electron chi connectivity index (χ4n) is 2.29. The molecule has 0 spiro atoms. The van der Waals surface area contributed by atoms with Gasteiger partial charge in [-0.1, -0.05) is 37.6 Å². The van der Waals surface area contributed by atoms with Gasteiger partial charge in [0.1, 0.15) is 11.6 Å². The van der Waals surface area contributed by atoms with Crippen LogP contribution < -0.4 is 10.6 Å². The third-order valence-corrected chi connectivity index (χ3v) is 4.18. The van der Waals surface area contributed by atoms with Gasteiger partial charge in [0.15, 0.2) is 0 Å². The van der Waals surface area contributed by atoms with Crippen LogP contribution in [0.1, 0.15) is 30.9 Å². The van der Waals surface area contributed by atoms with E-state index in [4.69, 9.17) is 11.6 Å². The fourth-order valence-corrected chi connectivity index (χ4v) is 2.51. The quantitative estimate of drug-likeness (QED) is 0.476. The number of amides is 1. The minimum Gasteiger partial charge on any atom is -0.360 e. The normalized spacial score (nSPS) is 11.9. The van der Waals surface area contributed by atoms with Crippen LogP contribution in [0, 0.1) is 11.3 Å². The van der Waals surface area contributed by atoms with Gasteiger partial charge in [-0.3, -0.25) is 4.79 Å². The molecule has 0 aliphatic heterocycles. The summed E-state index contributed by atoms with van der Waals surface area (Å²) in [5, 5.41) is 13.8. The standard InChI is InChI=1S/C20H17ClF3N3O/c1-12(2)13-3-5-15(6-4-13)26-11-14(10-25)19(28)27-16-7-8-18(21)17(9-16)20(22,23)24/h3-9,11-12,26H,1-2H3,(H,27,28)/b14-11-. The van der Waals surface area contributed by atoms with Gasteiger partial charge in [0.25, 0.3) is 5.91 Å². The highest BCUT2D eigenvalue weighted by atomic mass is 35.5. The van der Waals surface area contributed by atoms with Gasteiger partial charge in [-0.2, -0.15) is 18.4 Å². The summed E-state index contributed by atoms with van der Waals surface area (Å²) in [5.74, 6) is -0.477. The maximum atomic E-state index is 12.9. The van der Waals surface area contributed by atoms with Gasteiger partial charge in [0, 0.05) is 17.6 Å². The second-order valence-electron chi connectivity index (χ2n) is 6.24. The first-order valence-electron chi connectivity index (χ1n) is 8.26. The molecule has 0 unspecified atom stereocenters. The lowest BCUT2D eigenvalue weighted by atomic mass is 10.0. The Morgan fingerprint density at radius 2 is 1.75 bits per heavy atom. The van der Waals surface area contributed by atoms with Crippen molar-refractivity contribution in [1.29, 1.82) is 5.26 Å². The van der Waals surface area contributed by atoms with Gasteiger partial charge in [0.2, 0.25) is 0 Å². The molecule has 2 aromatic carbocycles. The molecule has 2 rings (SSSR count). The molecule has 0 radical (unpaired) electrons. The van der Waals surface area contributed by atoms with E-state index in [0.717, 1.165) is 11.6 Å². The summed E-state index contributed by atoms with van der Waals surface area (Å²) in [7, 11) is 0. The van der Waals surface area contributed by atoms with E-state index in [1.165, 1.54) is 12.3 Å². The molecule has 0 bridgehead atoms. The highest BCUT2D eigenvalue weighted by Crippen LogP contribution is 2.36. The van der Waals surface area contributed by atoms with Crippen LogP contribution in [0.3, 0.4) is 0 Å². The van der Waals surface area contributed by atoms with E-state index in [1.54, 1.807) is 18.2 Å². The average molecular weight is 408 g/mol. The third-order valence-electron chi connectivity index (χ3n) is 3.86. The van der Waals surface area contributed by atoms with Crippen molar-refractivity contribution in [3.8, 4) is 6.07 Å². The second kappa shape index (κ2) is 8.81. The lowest BCUT2D eigenvalue weighted by Gasteiger charge is -2.11. The van der Waals surface area contributed by atoms with Crippen LogP contribution in [-0.4, -0.2) is 5.91 Å². The van der Waals surface area contributed by atoms with Gasteiger partial charge < -0.3 is 10.6 Å². The molecular weight excluding hydrogens is 391 g/mol. The zero-order valence-electron chi connectivity index (χ0n) is 15.1. The maximum absolute atomic E-state index is 12.9. The topological polar surface area (TPSA) is 64.9 Å². The average Bonchev–Trinajstić information content (AvgIpc) is 2.63. The molecule has 4 nitrogen and oxygen atoms in total. The van der Waals surface area contributed by atoms with Crippen molar-refractivity contribution in [1.82, 2.24) is 0 Å². The van der Waals surface area contributed by atoms with Crippen LogP contribution in [0.5, 0.6) is 0 Å². The van der Waals surface area contributed by atoms with Gasteiger partial charge >= 0.3 is 6.18 Å². The zero-order chi connectivity index (χ0) is 20.9. The number of carbonyl (C=O) groups excluding carboxylic acids is 1. The molecule has 0 aliphatic carbocycles. The van der Waals surface area contributed by atoms with E-state index >= 15 is 0 Å². The zero-order valence-corrected chi connectivity index (χ0v) is 15.8. The minimum absolute atomic E-state index is 0.121. The Hall–Kier alpha value is -2.98. The first-order valence-corrected chi connectivity index (χ1v) is 8.64. The predicted octanol–water partition coefficient (Wildman–Crippen LogP) is 5.94. The van der Waals surface area contributed by atoms with Gasteiger partial charge in [-0.15, -0.1) is 0 Å². The summed E-state index contributed by atoms with van der Waals surface area (Å²) < 4.78 is 38.7. The molecule has 0 saturated carbocycles. The number of hydrogen-bond acceptors (Lipinski definition) is 3. The highest BCUT2D eigenvalue weighted by Gasteiger charge is 2.33. The fraction of sp³-hybridized carbons (Fsp3) is 0.200.